The molecule has 2 atom stereocenters. The van der Waals surface area contributed by atoms with Crippen LogP contribution in [0, 0.1) is 0 Å². The Balaban J connectivity index is 4.46. The minimum absolute atomic E-state index is 0.0384. The van der Waals surface area contributed by atoms with E-state index in [9.17, 15) is 19.0 Å². The summed E-state index contributed by atoms with van der Waals surface area (Å²) in [7, 11) is 1.14. The number of carbonyl (C=O) groups excluding carboxylic acids is 2. The van der Waals surface area contributed by atoms with E-state index in [-0.39, 0.29) is 26.1 Å². The second kappa shape index (κ2) is 34.7. The Kier molecular flexibility index (Phi) is 33.4. The molecule has 0 aromatic heterocycles. The van der Waals surface area contributed by atoms with Crippen LogP contribution in [-0.2, 0) is 32.7 Å². The molecular weight excluding hydrogens is 677 g/mol. The number of unbranched alkanes of at least 4 members (excludes halogenated alkanes) is 14. The Morgan fingerprint density at radius 3 is 1.62 bits per heavy atom. The molecule has 0 fully saturated rings. The number of ether oxygens (including phenoxy) is 2. The van der Waals surface area contributed by atoms with Crippen molar-refractivity contribution in [2.24, 2.45) is 0 Å². The zero-order valence-electron chi connectivity index (χ0n) is 33.7. The molecular formula is C42H76NO8P. The van der Waals surface area contributed by atoms with Crippen molar-refractivity contribution in [1.82, 2.24) is 0 Å². The van der Waals surface area contributed by atoms with Crippen LogP contribution in [0.1, 0.15) is 155 Å². The molecule has 0 radical (unpaired) electrons. The van der Waals surface area contributed by atoms with Gasteiger partial charge in [0.1, 0.15) is 19.8 Å². The number of carbonyl (C=O) groups is 2. The van der Waals surface area contributed by atoms with Crippen molar-refractivity contribution in [1.29, 1.82) is 0 Å². The van der Waals surface area contributed by atoms with Crippen molar-refractivity contribution >= 4 is 19.8 Å². The average molecular weight is 754 g/mol. The van der Waals surface area contributed by atoms with Crippen LogP contribution in [0.5, 0.6) is 0 Å². The lowest BCUT2D eigenvalue weighted by Crippen LogP contribution is -2.37. The third-order valence-electron chi connectivity index (χ3n) is 8.32. The topological polar surface area (TPSA) is 111 Å². The van der Waals surface area contributed by atoms with Crippen LogP contribution in [0.25, 0.3) is 0 Å². The number of hydrogen-bond donors (Lipinski definition) is 0. The number of hydrogen-bond acceptors (Lipinski definition) is 8. The zero-order chi connectivity index (χ0) is 38.6. The van der Waals surface area contributed by atoms with E-state index >= 15 is 0 Å². The van der Waals surface area contributed by atoms with Crippen LogP contribution >= 0.6 is 7.82 Å². The first-order valence-electron chi connectivity index (χ1n) is 20.3. The molecule has 0 N–H and O–H groups in total. The van der Waals surface area contributed by atoms with E-state index in [4.69, 9.17) is 18.5 Å². The second-order valence-electron chi connectivity index (χ2n) is 14.6. The van der Waals surface area contributed by atoms with Gasteiger partial charge in [0.15, 0.2) is 6.10 Å². The number of esters is 2. The Morgan fingerprint density at radius 2 is 1.06 bits per heavy atom. The molecule has 0 aliphatic carbocycles. The lowest BCUT2D eigenvalue weighted by atomic mass is 10.1. The molecule has 0 aromatic rings. The molecule has 0 spiro atoms. The molecule has 0 saturated carbocycles. The molecule has 10 heteroatoms. The summed E-state index contributed by atoms with van der Waals surface area (Å²) >= 11 is 0. The van der Waals surface area contributed by atoms with Crippen molar-refractivity contribution in [2.75, 3.05) is 47.5 Å². The van der Waals surface area contributed by atoms with Crippen LogP contribution in [0.4, 0.5) is 0 Å². The van der Waals surface area contributed by atoms with E-state index in [1.807, 2.05) is 21.1 Å². The predicted octanol–water partition coefficient (Wildman–Crippen LogP) is 10.5. The minimum atomic E-state index is -4.63. The van der Waals surface area contributed by atoms with Gasteiger partial charge in [0, 0.05) is 12.8 Å². The van der Waals surface area contributed by atoms with Crippen LogP contribution in [0.15, 0.2) is 48.6 Å². The highest BCUT2D eigenvalue weighted by molar-refractivity contribution is 7.45. The quantitative estimate of drug-likeness (QED) is 0.0204. The Hall–Kier alpha value is -2.03. The maximum absolute atomic E-state index is 12.6. The minimum Gasteiger partial charge on any atom is -0.756 e. The third-order valence-corrected chi connectivity index (χ3v) is 9.29. The zero-order valence-corrected chi connectivity index (χ0v) is 34.6. The van der Waals surface area contributed by atoms with Gasteiger partial charge in [-0.2, -0.15) is 0 Å². The van der Waals surface area contributed by atoms with Crippen LogP contribution in [0.2, 0.25) is 0 Å². The van der Waals surface area contributed by atoms with Gasteiger partial charge in [0.25, 0.3) is 7.82 Å². The van der Waals surface area contributed by atoms with Crippen LogP contribution in [-0.4, -0.2) is 70.0 Å². The van der Waals surface area contributed by atoms with E-state index in [2.05, 4.69) is 62.5 Å². The van der Waals surface area contributed by atoms with E-state index in [0.717, 1.165) is 77.0 Å². The highest BCUT2D eigenvalue weighted by atomic mass is 31.2. The number of rotatable bonds is 36. The van der Waals surface area contributed by atoms with Crippen molar-refractivity contribution in [2.45, 2.75) is 161 Å². The summed E-state index contributed by atoms with van der Waals surface area (Å²) in [6.07, 6.45) is 38.5. The molecule has 0 rings (SSSR count). The van der Waals surface area contributed by atoms with Gasteiger partial charge in [0.05, 0.1) is 27.7 Å². The molecule has 0 aliphatic rings. The number of allylic oxidation sites excluding steroid dienone is 8. The average Bonchev–Trinajstić information content (AvgIpc) is 3.09. The summed E-state index contributed by atoms with van der Waals surface area (Å²) in [6.45, 7) is 4.10. The first kappa shape index (κ1) is 50.0. The molecule has 0 heterocycles. The first-order valence-corrected chi connectivity index (χ1v) is 21.8. The predicted molar refractivity (Wildman–Crippen MR) is 213 cm³/mol. The summed E-state index contributed by atoms with van der Waals surface area (Å²) < 4.78 is 33.7. The third kappa shape index (κ3) is 37.7. The van der Waals surface area contributed by atoms with Gasteiger partial charge in [-0.25, -0.2) is 0 Å². The Morgan fingerprint density at radius 1 is 0.596 bits per heavy atom. The maximum Gasteiger partial charge on any atom is 0.306 e. The fraction of sp³-hybridized carbons (Fsp3) is 0.762. The summed E-state index contributed by atoms with van der Waals surface area (Å²) in [4.78, 5) is 37.4. The van der Waals surface area contributed by atoms with Gasteiger partial charge in [0.2, 0.25) is 0 Å². The van der Waals surface area contributed by atoms with Crippen molar-refractivity contribution < 1.29 is 42.1 Å². The largest absolute Gasteiger partial charge is 0.756 e. The number of quaternary nitrogens is 1. The number of nitrogens with zero attached hydrogens (tertiary/aromatic N) is 1. The summed E-state index contributed by atoms with van der Waals surface area (Å²) in [5.41, 5.74) is 0. The fourth-order valence-corrected chi connectivity index (χ4v) is 5.78. The van der Waals surface area contributed by atoms with Gasteiger partial charge in [-0.15, -0.1) is 0 Å². The maximum atomic E-state index is 12.6. The summed E-state index contributed by atoms with van der Waals surface area (Å²) in [5.74, 6) is -0.876. The first-order chi connectivity index (χ1) is 25.0. The van der Waals surface area contributed by atoms with Gasteiger partial charge in [-0.3, -0.25) is 14.2 Å². The number of phosphoric ester groups is 1. The molecule has 0 aliphatic heterocycles. The van der Waals surface area contributed by atoms with Gasteiger partial charge in [-0.1, -0.05) is 120 Å². The normalized spacial score (nSPS) is 14.2. The van der Waals surface area contributed by atoms with E-state index < -0.39 is 32.5 Å². The van der Waals surface area contributed by atoms with Crippen LogP contribution in [0.3, 0.4) is 0 Å². The summed E-state index contributed by atoms with van der Waals surface area (Å²) in [6, 6.07) is 0. The SMILES string of the molecule is CCCC/C=C/CCCCCCCC(=O)OC[C@H](COP(=O)([O-])OCC[N+](C)(C)C)OC(=O)CCCCCC/C=C/C/C=C/C/C=C/CCCCC. The lowest BCUT2D eigenvalue weighted by Gasteiger charge is -2.28. The highest BCUT2D eigenvalue weighted by Crippen LogP contribution is 2.38. The lowest BCUT2D eigenvalue weighted by molar-refractivity contribution is -0.870. The Labute approximate surface area is 318 Å². The van der Waals surface area contributed by atoms with Crippen molar-refractivity contribution in [3.63, 3.8) is 0 Å². The van der Waals surface area contributed by atoms with Crippen molar-refractivity contribution in [3.8, 4) is 0 Å². The fourth-order valence-electron chi connectivity index (χ4n) is 5.05. The van der Waals surface area contributed by atoms with Gasteiger partial charge < -0.3 is 27.9 Å². The highest BCUT2D eigenvalue weighted by Gasteiger charge is 2.21. The molecule has 1 unspecified atom stereocenters. The standard InChI is InChI=1S/C42H76NO8P/c1-6-8-10-12-14-16-18-19-20-21-22-23-25-27-29-31-33-35-42(45)51-40(39-50-52(46,47)49-37-36-43(3,4)5)38-48-41(44)34-32-30-28-26-24-17-15-13-11-9-7-2/h13-16,19-20,22-23,40H,6-12,17-18,21,24-39H2,1-5H3/b15-13+,16-14+,20-19+,23-22+/t40-/m1/s1. The monoisotopic (exact) mass is 754 g/mol. The van der Waals surface area contributed by atoms with E-state index in [1.165, 1.54) is 38.5 Å². The van der Waals surface area contributed by atoms with Gasteiger partial charge >= 0.3 is 11.9 Å². The van der Waals surface area contributed by atoms with E-state index in [0.29, 0.717) is 23.9 Å². The molecule has 0 amide bonds. The van der Waals surface area contributed by atoms with Gasteiger partial charge in [-0.05, 0) is 70.6 Å². The van der Waals surface area contributed by atoms with Crippen molar-refractivity contribution in [3.05, 3.63) is 48.6 Å². The molecule has 0 bridgehead atoms. The number of phosphoric acid groups is 1. The van der Waals surface area contributed by atoms with Crippen LogP contribution < -0.4 is 4.89 Å². The molecule has 0 saturated heterocycles. The Bertz CT molecular complexity index is 1030. The molecule has 9 nitrogen and oxygen atoms in total. The molecule has 52 heavy (non-hydrogen) atoms. The molecule has 0 aromatic carbocycles. The smallest absolute Gasteiger partial charge is 0.306 e. The number of likely N-dealkylation sites (N-methyl/N-ethyl adjacent to an activating group) is 1. The second-order valence-corrected chi connectivity index (χ2v) is 16.1. The molecule has 302 valence electrons. The van der Waals surface area contributed by atoms with E-state index in [1.54, 1.807) is 0 Å². The summed E-state index contributed by atoms with van der Waals surface area (Å²) in [5, 5.41) is 0.